The molecule has 0 bridgehead atoms. The largest absolute Gasteiger partial charge is 0.243 e. The maximum atomic E-state index is 12.9. The van der Waals surface area contributed by atoms with Crippen LogP contribution in [0.25, 0.3) is 5.69 Å². The molecule has 0 spiro atoms. The van der Waals surface area contributed by atoms with E-state index in [2.05, 4.69) is 15.5 Å². The topological polar surface area (TPSA) is 118 Å². The highest BCUT2D eigenvalue weighted by atomic mass is 32.2. The maximum Gasteiger partial charge on any atom is 0.243 e. The van der Waals surface area contributed by atoms with Gasteiger partial charge in [-0.3, -0.25) is 0 Å². The molecule has 142 valence electrons. The number of hydrogen-bond donors (Lipinski definition) is 0. The van der Waals surface area contributed by atoms with E-state index in [4.69, 9.17) is 0 Å². The van der Waals surface area contributed by atoms with Gasteiger partial charge in [0.05, 0.1) is 16.8 Å². The fourth-order valence-corrected chi connectivity index (χ4v) is 5.19. The number of aromatic nitrogens is 4. The van der Waals surface area contributed by atoms with Crippen molar-refractivity contribution in [3.8, 4) is 5.69 Å². The molecule has 2 heterocycles. The minimum atomic E-state index is -3.68. The van der Waals surface area contributed by atoms with Gasteiger partial charge in [0.1, 0.15) is 6.33 Å². The van der Waals surface area contributed by atoms with Gasteiger partial charge < -0.3 is 0 Å². The van der Waals surface area contributed by atoms with Gasteiger partial charge in [0.25, 0.3) is 0 Å². The second kappa shape index (κ2) is 7.02. The summed E-state index contributed by atoms with van der Waals surface area (Å²) in [5.41, 5.74) is 0.544. The molecule has 1 aliphatic heterocycles. The van der Waals surface area contributed by atoms with Gasteiger partial charge in [-0.15, -0.1) is 5.10 Å². The Morgan fingerprint density at radius 3 is 2.42 bits per heavy atom. The lowest BCUT2D eigenvalue weighted by Crippen LogP contribution is -2.46. The molecule has 12 heteroatoms. The van der Waals surface area contributed by atoms with Crippen LogP contribution in [0.2, 0.25) is 0 Å². The minimum Gasteiger partial charge on any atom is -0.213 e. The zero-order valence-electron chi connectivity index (χ0n) is 14.4. The average Bonchev–Trinajstić information content (AvgIpc) is 3.15. The van der Waals surface area contributed by atoms with Crippen molar-refractivity contribution in [1.82, 2.24) is 28.8 Å². The van der Waals surface area contributed by atoms with Crippen LogP contribution < -0.4 is 0 Å². The van der Waals surface area contributed by atoms with E-state index >= 15 is 0 Å². The summed E-state index contributed by atoms with van der Waals surface area (Å²) in [6.45, 7) is 0.532. The number of hydrogen-bond acceptors (Lipinski definition) is 7. The summed E-state index contributed by atoms with van der Waals surface area (Å²) in [6, 6.07) is 6.19. The highest BCUT2D eigenvalue weighted by molar-refractivity contribution is 7.89. The van der Waals surface area contributed by atoms with Gasteiger partial charge in [0.2, 0.25) is 20.0 Å². The van der Waals surface area contributed by atoms with Gasteiger partial charge in [-0.2, -0.15) is 4.31 Å². The SMILES string of the molecule is CN(C1CCN(S(=O)(=O)c2cccc(-n3cnnn3)c2)CC1)S(C)(=O)=O. The molecule has 0 radical (unpaired) electrons. The Balaban J connectivity index is 1.77. The van der Waals surface area contributed by atoms with Crippen LogP contribution >= 0.6 is 0 Å². The predicted molar refractivity (Wildman–Crippen MR) is 93.5 cm³/mol. The lowest BCUT2D eigenvalue weighted by molar-refractivity contribution is 0.239. The summed E-state index contributed by atoms with van der Waals surface area (Å²) in [6.07, 6.45) is 3.45. The van der Waals surface area contributed by atoms with Gasteiger partial charge in [0.15, 0.2) is 0 Å². The Kier molecular flexibility index (Phi) is 5.10. The minimum absolute atomic E-state index is 0.153. The van der Waals surface area contributed by atoms with Crippen LogP contribution in [0.5, 0.6) is 0 Å². The quantitative estimate of drug-likeness (QED) is 0.676. The lowest BCUT2D eigenvalue weighted by Gasteiger charge is -2.35. The van der Waals surface area contributed by atoms with E-state index in [0.29, 0.717) is 18.5 Å². The third-order valence-electron chi connectivity index (χ3n) is 4.53. The van der Waals surface area contributed by atoms with Crippen LogP contribution in [-0.4, -0.2) is 78.1 Å². The first-order valence-electron chi connectivity index (χ1n) is 7.96. The predicted octanol–water partition coefficient (Wildman–Crippen LogP) is -0.293. The maximum absolute atomic E-state index is 12.9. The van der Waals surface area contributed by atoms with E-state index in [-0.39, 0.29) is 24.0 Å². The molecular formula is C14H20N6O4S2. The van der Waals surface area contributed by atoms with Crippen LogP contribution in [0.4, 0.5) is 0 Å². The van der Waals surface area contributed by atoms with E-state index in [1.807, 2.05) is 0 Å². The third-order valence-corrected chi connectivity index (χ3v) is 7.77. The van der Waals surface area contributed by atoms with Crippen LogP contribution in [0.3, 0.4) is 0 Å². The number of nitrogens with zero attached hydrogens (tertiary/aromatic N) is 6. The first-order valence-corrected chi connectivity index (χ1v) is 11.2. The standard InChI is InChI=1S/C14H20N6O4S2/c1-18(25(2,21)22)12-6-8-19(9-7-12)26(23,24)14-5-3-4-13(10-14)20-11-15-16-17-20/h3-5,10-12H,6-9H2,1-2H3. The molecule has 10 nitrogen and oxygen atoms in total. The fraction of sp³-hybridized carbons (Fsp3) is 0.500. The number of piperidine rings is 1. The average molecular weight is 400 g/mol. The number of benzene rings is 1. The monoisotopic (exact) mass is 400 g/mol. The molecule has 1 fully saturated rings. The lowest BCUT2D eigenvalue weighted by atomic mass is 10.1. The van der Waals surface area contributed by atoms with Crippen molar-refractivity contribution in [2.24, 2.45) is 0 Å². The molecule has 0 atom stereocenters. The molecule has 0 unspecified atom stereocenters. The molecule has 3 rings (SSSR count). The second-order valence-electron chi connectivity index (χ2n) is 6.17. The first-order chi connectivity index (χ1) is 12.2. The molecule has 0 amide bonds. The van der Waals surface area contributed by atoms with Crippen LogP contribution in [0.15, 0.2) is 35.5 Å². The summed E-state index contributed by atoms with van der Waals surface area (Å²) in [4.78, 5) is 0.153. The first kappa shape index (κ1) is 18.9. The summed E-state index contributed by atoms with van der Waals surface area (Å²) in [7, 11) is -5.44. The Morgan fingerprint density at radius 1 is 1.15 bits per heavy atom. The Labute approximate surface area is 152 Å². The van der Waals surface area contributed by atoms with Gasteiger partial charge in [-0.25, -0.2) is 25.8 Å². The fourth-order valence-electron chi connectivity index (χ4n) is 2.93. The highest BCUT2D eigenvalue weighted by Crippen LogP contribution is 2.24. The Morgan fingerprint density at radius 2 is 1.85 bits per heavy atom. The van der Waals surface area contributed by atoms with E-state index in [9.17, 15) is 16.8 Å². The zero-order valence-corrected chi connectivity index (χ0v) is 16.1. The Hall–Kier alpha value is -1.89. The van der Waals surface area contributed by atoms with E-state index in [1.54, 1.807) is 12.1 Å². The molecule has 1 aliphatic rings. The van der Waals surface area contributed by atoms with Crippen molar-refractivity contribution in [1.29, 1.82) is 0 Å². The Bertz CT molecular complexity index is 967. The van der Waals surface area contributed by atoms with Crippen LogP contribution in [-0.2, 0) is 20.0 Å². The summed E-state index contributed by atoms with van der Waals surface area (Å²) in [5.74, 6) is 0. The third kappa shape index (κ3) is 3.77. The van der Waals surface area contributed by atoms with E-state index < -0.39 is 20.0 Å². The molecule has 0 saturated carbocycles. The molecule has 2 aromatic rings. The van der Waals surface area contributed by atoms with Crippen molar-refractivity contribution < 1.29 is 16.8 Å². The number of tetrazole rings is 1. The van der Waals surface area contributed by atoms with Crippen molar-refractivity contribution in [3.05, 3.63) is 30.6 Å². The summed E-state index contributed by atoms with van der Waals surface area (Å²) in [5, 5.41) is 10.8. The van der Waals surface area contributed by atoms with E-state index in [1.165, 1.54) is 38.8 Å². The second-order valence-corrected chi connectivity index (χ2v) is 10.1. The molecule has 0 aliphatic carbocycles. The number of sulfonamides is 2. The van der Waals surface area contributed by atoms with Gasteiger partial charge >= 0.3 is 0 Å². The smallest absolute Gasteiger partial charge is 0.213 e. The van der Waals surface area contributed by atoms with Crippen LogP contribution in [0.1, 0.15) is 12.8 Å². The van der Waals surface area contributed by atoms with Crippen molar-refractivity contribution in [3.63, 3.8) is 0 Å². The normalized spacial score (nSPS) is 17.7. The highest BCUT2D eigenvalue weighted by Gasteiger charge is 2.33. The van der Waals surface area contributed by atoms with Gasteiger partial charge in [-0.05, 0) is 41.5 Å². The molecule has 1 aromatic carbocycles. The zero-order chi connectivity index (χ0) is 18.9. The van der Waals surface area contributed by atoms with Gasteiger partial charge in [0, 0.05) is 26.2 Å². The molecule has 26 heavy (non-hydrogen) atoms. The summed E-state index contributed by atoms with van der Waals surface area (Å²) < 4.78 is 53.2. The molecule has 1 saturated heterocycles. The molecule has 0 N–H and O–H groups in total. The van der Waals surface area contributed by atoms with Crippen molar-refractivity contribution in [2.45, 2.75) is 23.8 Å². The molecule has 1 aromatic heterocycles. The number of rotatable bonds is 5. The van der Waals surface area contributed by atoms with Gasteiger partial charge in [-0.1, -0.05) is 6.07 Å². The van der Waals surface area contributed by atoms with Crippen molar-refractivity contribution >= 4 is 20.0 Å². The van der Waals surface area contributed by atoms with E-state index in [0.717, 1.165) is 6.26 Å². The molecular weight excluding hydrogens is 380 g/mol. The summed E-state index contributed by atoms with van der Waals surface area (Å²) >= 11 is 0. The van der Waals surface area contributed by atoms with Crippen molar-refractivity contribution in [2.75, 3.05) is 26.4 Å². The van der Waals surface area contributed by atoms with Crippen LogP contribution in [0, 0.1) is 0 Å².